The maximum absolute atomic E-state index is 15.3. The number of likely N-dealkylation sites (tertiary alicyclic amines) is 1. The van der Waals surface area contributed by atoms with E-state index in [9.17, 15) is 32.7 Å². The average molecular weight is 780 g/mol. The van der Waals surface area contributed by atoms with Gasteiger partial charge in [0.05, 0.1) is 27.7 Å². The molecule has 7 rings (SSSR count). The first kappa shape index (κ1) is 37.6. The number of pyridine rings is 1. The Morgan fingerprint density at radius 1 is 1.05 bits per heavy atom. The van der Waals surface area contributed by atoms with Crippen LogP contribution in [0.15, 0.2) is 53.6 Å². The van der Waals surface area contributed by atoms with Crippen LogP contribution >= 0.6 is 11.6 Å². The van der Waals surface area contributed by atoms with Crippen molar-refractivity contribution >= 4 is 45.8 Å². The SMILES string of the molecule is CCc1c(C2=CCN(C(=O)c3ncnc(C)c3O)CC2)c(=O)c2nn(-c3ccc(CN4CCC4)c(F)c3)nc2n1CC(=O)Nc1ccc(C(F)(F)F)cc1Cl. The minimum Gasteiger partial charge on any atom is -0.504 e. The van der Waals surface area contributed by atoms with Crippen LogP contribution in [0.2, 0.25) is 5.02 Å². The highest BCUT2D eigenvalue weighted by Gasteiger charge is 2.32. The fourth-order valence-corrected chi connectivity index (χ4v) is 6.90. The van der Waals surface area contributed by atoms with Crippen LogP contribution in [0, 0.1) is 12.7 Å². The lowest BCUT2D eigenvalue weighted by Crippen LogP contribution is -2.36. The fourth-order valence-electron chi connectivity index (χ4n) is 6.67. The standard InChI is InChI=1S/C37H34ClF4N9O4/c1-3-28-30(21-9-13-49(14-10-21)36(55)32-33(53)20(2)43-19-44-32)34(54)31-35(47-51(46-31)24-7-5-22(26(39)16-24)17-48-11-4-12-48)50(28)18-29(52)45-27-8-6-23(15-25(27)38)37(40,41)42/h5-9,15-16,19,53H,3-4,10-14,17-18H2,1-2H3,(H,45,52). The summed E-state index contributed by atoms with van der Waals surface area (Å²) >= 11 is 6.13. The Balaban J connectivity index is 1.27. The van der Waals surface area contributed by atoms with Gasteiger partial charge in [0.25, 0.3) is 5.91 Å². The fraction of sp³-hybridized carbons (Fsp3) is 0.324. The number of aryl methyl sites for hydroxylation is 1. The molecule has 286 valence electrons. The van der Waals surface area contributed by atoms with E-state index in [1.165, 1.54) is 21.9 Å². The summed E-state index contributed by atoms with van der Waals surface area (Å²) in [6.07, 6.45) is -0.247. The third kappa shape index (κ3) is 7.41. The van der Waals surface area contributed by atoms with E-state index in [4.69, 9.17) is 11.6 Å². The van der Waals surface area contributed by atoms with Crippen molar-refractivity contribution < 1.29 is 32.3 Å². The van der Waals surface area contributed by atoms with E-state index in [0.29, 0.717) is 29.4 Å². The monoisotopic (exact) mass is 779 g/mol. The van der Waals surface area contributed by atoms with E-state index in [1.54, 1.807) is 32.1 Å². The van der Waals surface area contributed by atoms with Crippen LogP contribution in [0.5, 0.6) is 5.75 Å². The maximum Gasteiger partial charge on any atom is 0.416 e. The van der Waals surface area contributed by atoms with Crippen molar-refractivity contribution in [3.05, 3.63) is 104 Å². The van der Waals surface area contributed by atoms with E-state index >= 15 is 4.39 Å². The lowest BCUT2D eigenvalue weighted by atomic mass is 9.95. The van der Waals surface area contributed by atoms with E-state index in [-0.39, 0.29) is 76.2 Å². The van der Waals surface area contributed by atoms with E-state index in [2.05, 4.69) is 30.4 Å². The van der Waals surface area contributed by atoms with Crippen molar-refractivity contribution in [3.63, 3.8) is 0 Å². The number of aromatic hydroxyl groups is 1. The molecule has 2 N–H and O–H groups in total. The predicted molar refractivity (Wildman–Crippen MR) is 194 cm³/mol. The summed E-state index contributed by atoms with van der Waals surface area (Å²) in [4.78, 5) is 53.8. The van der Waals surface area contributed by atoms with Crippen LogP contribution < -0.4 is 10.7 Å². The Labute approximate surface area is 315 Å². The van der Waals surface area contributed by atoms with Gasteiger partial charge in [0.2, 0.25) is 11.3 Å². The molecule has 2 aliphatic rings. The van der Waals surface area contributed by atoms with Gasteiger partial charge in [-0.15, -0.1) is 15.0 Å². The lowest BCUT2D eigenvalue weighted by molar-refractivity contribution is -0.137. The minimum atomic E-state index is -4.64. The third-order valence-corrected chi connectivity index (χ3v) is 10.1. The Bertz CT molecular complexity index is 2440. The lowest BCUT2D eigenvalue weighted by Gasteiger charge is -2.30. The van der Waals surface area contributed by atoms with Gasteiger partial charge in [-0.3, -0.25) is 19.3 Å². The summed E-state index contributed by atoms with van der Waals surface area (Å²) in [7, 11) is 0. The van der Waals surface area contributed by atoms with Crippen molar-refractivity contribution in [3.8, 4) is 11.4 Å². The number of aromatic nitrogens is 6. The molecule has 0 radical (unpaired) electrons. The molecule has 5 heterocycles. The van der Waals surface area contributed by atoms with Crippen molar-refractivity contribution in [2.45, 2.75) is 52.4 Å². The first-order chi connectivity index (χ1) is 26.2. The van der Waals surface area contributed by atoms with Crippen molar-refractivity contribution in [2.24, 2.45) is 0 Å². The summed E-state index contributed by atoms with van der Waals surface area (Å²) < 4.78 is 56.6. The number of alkyl halides is 3. The highest BCUT2D eigenvalue weighted by Crippen LogP contribution is 2.34. The number of nitrogens with one attached hydrogen (secondary N) is 1. The van der Waals surface area contributed by atoms with Gasteiger partial charge in [-0.2, -0.15) is 13.2 Å². The topological polar surface area (TPSA) is 151 Å². The number of carbonyl (C=O) groups is 2. The van der Waals surface area contributed by atoms with Gasteiger partial charge in [0.1, 0.15) is 18.7 Å². The zero-order valence-corrected chi connectivity index (χ0v) is 30.4. The molecule has 5 aromatic rings. The summed E-state index contributed by atoms with van der Waals surface area (Å²) in [6.45, 7) is 5.33. The van der Waals surface area contributed by atoms with Gasteiger partial charge in [-0.1, -0.05) is 30.7 Å². The first-order valence-electron chi connectivity index (χ1n) is 17.4. The number of carbonyl (C=O) groups excluding carboxylic acids is 2. The van der Waals surface area contributed by atoms with Crippen molar-refractivity contribution in [1.82, 2.24) is 39.3 Å². The second kappa shape index (κ2) is 14.9. The molecule has 0 spiro atoms. The third-order valence-electron chi connectivity index (χ3n) is 9.75. The molecule has 13 nitrogen and oxygen atoms in total. The molecule has 18 heteroatoms. The first-order valence-corrected chi connectivity index (χ1v) is 17.8. The van der Waals surface area contributed by atoms with Gasteiger partial charge in [0.15, 0.2) is 22.6 Å². The van der Waals surface area contributed by atoms with Crippen LogP contribution in [-0.2, 0) is 30.5 Å². The van der Waals surface area contributed by atoms with E-state index in [1.807, 2.05) is 0 Å². The predicted octanol–water partition coefficient (Wildman–Crippen LogP) is 5.53. The van der Waals surface area contributed by atoms with Gasteiger partial charge in [0, 0.05) is 42.5 Å². The van der Waals surface area contributed by atoms with Crippen LogP contribution in [-0.4, -0.2) is 82.4 Å². The molecule has 0 bridgehead atoms. The molecule has 0 unspecified atom stereocenters. The smallest absolute Gasteiger partial charge is 0.416 e. The van der Waals surface area contributed by atoms with Gasteiger partial charge in [-0.05, 0) is 69.1 Å². The molecule has 2 aromatic carbocycles. The number of fused-ring (bicyclic) bond motifs is 1. The summed E-state index contributed by atoms with van der Waals surface area (Å²) in [5, 5.41) is 21.6. The number of nitrogens with zero attached hydrogens (tertiary/aromatic N) is 8. The normalized spacial score (nSPS) is 14.9. The molecule has 0 aliphatic carbocycles. The van der Waals surface area contributed by atoms with Crippen molar-refractivity contribution in [1.29, 1.82) is 0 Å². The molecular weight excluding hydrogens is 746 g/mol. The maximum atomic E-state index is 15.3. The van der Waals surface area contributed by atoms with Crippen molar-refractivity contribution in [2.75, 3.05) is 31.5 Å². The Morgan fingerprint density at radius 3 is 2.47 bits per heavy atom. The number of hydrogen-bond donors (Lipinski definition) is 2. The van der Waals surface area contributed by atoms with E-state index in [0.717, 1.165) is 36.4 Å². The molecule has 55 heavy (non-hydrogen) atoms. The Morgan fingerprint density at radius 2 is 1.84 bits per heavy atom. The average Bonchev–Trinajstić information content (AvgIpc) is 3.59. The van der Waals surface area contributed by atoms with Crippen LogP contribution in [0.3, 0.4) is 0 Å². The number of amides is 2. The zero-order chi connectivity index (χ0) is 39.2. The Kier molecular flexibility index (Phi) is 10.2. The molecule has 0 atom stereocenters. The van der Waals surface area contributed by atoms with Gasteiger partial charge in [-0.25, -0.2) is 14.4 Å². The molecule has 0 saturated carbocycles. The minimum absolute atomic E-state index is 0.0205. The number of benzene rings is 2. The van der Waals surface area contributed by atoms with E-state index < -0.39 is 41.3 Å². The highest BCUT2D eigenvalue weighted by atomic mass is 35.5. The molecule has 3 aromatic heterocycles. The summed E-state index contributed by atoms with van der Waals surface area (Å²) in [5.74, 6) is -2.00. The molecular formula is C37H34ClF4N9O4. The summed E-state index contributed by atoms with van der Waals surface area (Å²) in [5.41, 5.74) is 0.426. The second-order valence-corrected chi connectivity index (χ2v) is 13.7. The van der Waals surface area contributed by atoms with Crippen LogP contribution in [0.4, 0.5) is 23.2 Å². The van der Waals surface area contributed by atoms with Crippen LogP contribution in [0.1, 0.15) is 58.3 Å². The second-order valence-electron chi connectivity index (χ2n) is 13.3. The Hall–Kier alpha value is -5.68. The largest absolute Gasteiger partial charge is 0.504 e. The molecule has 2 aliphatic heterocycles. The van der Waals surface area contributed by atoms with Gasteiger partial charge >= 0.3 is 6.18 Å². The molecule has 1 saturated heterocycles. The highest BCUT2D eigenvalue weighted by molar-refractivity contribution is 6.33. The quantitative estimate of drug-likeness (QED) is 0.184. The number of hydrogen-bond acceptors (Lipinski definition) is 9. The number of halogens is 5. The van der Waals surface area contributed by atoms with Gasteiger partial charge < -0.3 is 19.9 Å². The molecule has 2 amide bonds. The number of rotatable bonds is 9. The van der Waals surface area contributed by atoms with Crippen LogP contribution in [0.25, 0.3) is 22.4 Å². The summed E-state index contributed by atoms with van der Waals surface area (Å²) in [6, 6.07) is 7.10. The zero-order valence-electron chi connectivity index (χ0n) is 29.6. The molecule has 1 fully saturated rings. The number of anilines is 1.